The molecule has 0 atom stereocenters. The quantitative estimate of drug-likeness (QED) is 0.212. The maximum absolute atomic E-state index is 13.5. The Morgan fingerprint density at radius 2 is 1.85 bits per heavy atom. The Labute approximate surface area is 243 Å². The molecule has 0 saturated heterocycles. The Balaban J connectivity index is 1.45. The average molecular weight is 629 g/mol. The van der Waals surface area contributed by atoms with Crippen molar-refractivity contribution >= 4 is 62.2 Å². The van der Waals surface area contributed by atoms with Gasteiger partial charge in [0, 0.05) is 10.4 Å². The number of nitrogens with zero attached hydrogens (tertiary/aromatic N) is 3. The Hall–Kier alpha value is -3.20. The molecule has 4 aromatic rings. The Bertz CT molecular complexity index is 1620. The first kappa shape index (κ1) is 27.4. The van der Waals surface area contributed by atoms with E-state index in [1.54, 1.807) is 30.3 Å². The predicted molar refractivity (Wildman–Crippen MR) is 157 cm³/mol. The summed E-state index contributed by atoms with van der Waals surface area (Å²) in [4.78, 5) is 29.6. The van der Waals surface area contributed by atoms with Crippen LogP contribution in [0.15, 0.2) is 69.0 Å². The summed E-state index contributed by atoms with van der Waals surface area (Å²) >= 11 is 16.4. The third-order valence-corrected chi connectivity index (χ3v) is 7.76. The second-order valence-corrected chi connectivity index (χ2v) is 11.2. The minimum absolute atomic E-state index is 0.0897. The molecule has 5 rings (SSSR count). The SMILES string of the molecule is O=C(O)c1cccc(COc2c(Cl)cc(C=Nn3c(C4CCCCC4)nc4ccc(Br)cc4c3=O)cc2Cl)c1. The maximum Gasteiger partial charge on any atom is 0.335 e. The zero-order valence-corrected chi connectivity index (χ0v) is 23.8. The van der Waals surface area contributed by atoms with Crippen LogP contribution in [0.4, 0.5) is 0 Å². The largest absolute Gasteiger partial charge is 0.486 e. The van der Waals surface area contributed by atoms with Crippen LogP contribution in [0.5, 0.6) is 5.75 Å². The van der Waals surface area contributed by atoms with Gasteiger partial charge in [-0.05, 0) is 66.4 Å². The zero-order valence-electron chi connectivity index (χ0n) is 20.7. The molecule has 1 N–H and O–H groups in total. The average Bonchev–Trinajstić information content (AvgIpc) is 2.93. The monoisotopic (exact) mass is 627 g/mol. The van der Waals surface area contributed by atoms with Crippen LogP contribution < -0.4 is 10.3 Å². The molecule has 0 spiro atoms. The second kappa shape index (κ2) is 11.9. The molecule has 7 nitrogen and oxygen atoms in total. The van der Waals surface area contributed by atoms with Gasteiger partial charge in [0.2, 0.25) is 0 Å². The highest BCUT2D eigenvalue weighted by atomic mass is 79.9. The summed E-state index contributed by atoms with van der Waals surface area (Å²) in [6.45, 7) is 0.0897. The van der Waals surface area contributed by atoms with E-state index in [-0.39, 0.29) is 39.4 Å². The van der Waals surface area contributed by atoms with E-state index in [1.807, 2.05) is 12.1 Å². The molecule has 0 amide bonds. The molecule has 10 heteroatoms. The number of ether oxygens (including phenoxy) is 1. The van der Waals surface area contributed by atoms with E-state index in [9.17, 15) is 14.7 Å². The van der Waals surface area contributed by atoms with Crippen LogP contribution in [0.1, 0.15) is 65.3 Å². The summed E-state index contributed by atoms with van der Waals surface area (Å²) < 4.78 is 8.00. The van der Waals surface area contributed by atoms with E-state index in [2.05, 4.69) is 21.0 Å². The number of carbonyl (C=O) groups is 1. The van der Waals surface area contributed by atoms with Gasteiger partial charge in [-0.2, -0.15) is 9.78 Å². The highest BCUT2D eigenvalue weighted by Gasteiger charge is 2.22. The number of hydrogen-bond acceptors (Lipinski definition) is 5. The zero-order chi connectivity index (χ0) is 27.5. The van der Waals surface area contributed by atoms with Crippen molar-refractivity contribution in [2.45, 2.75) is 44.6 Å². The first-order valence-electron chi connectivity index (χ1n) is 12.5. The van der Waals surface area contributed by atoms with Crippen molar-refractivity contribution in [1.29, 1.82) is 0 Å². The number of carboxylic acids is 1. The minimum atomic E-state index is -1.02. The van der Waals surface area contributed by atoms with Crippen molar-refractivity contribution in [3.8, 4) is 5.75 Å². The van der Waals surface area contributed by atoms with E-state index in [4.69, 9.17) is 32.9 Å². The number of benzene rings is 3. The Morgan fingerprint density at radius 3 is 2.56 bits per heavy atom. The summed E-state index contributed by atoms with van der Waals surface area (Å²) in [5.74, 6) is 0.0655. The number of halogens is 3. The summed E-state index contributed by atoms with van der Waals surface area (Å²) in [5.41, 5.74) is 1.83. The van der Waals surface area contributed by atoms with Gasteiger partial charge in [-0.1, -0.05) is 70.5 Å². The predicted octanol–water partition coefficient (Wildman–Crippen LogP) is 7.67. The molecular formula is C29H24BrCl2N3O4. The van der Waals surface area contributed by atoms with Crippen LogP contribution in [-0.4, -0.2) is 27.0 Å². The van der Waals surface area contributed by atoms with E-state index in [0.717, 1.165) is 30.2 Å². The van der Waals surface area contributed by atoms with E-state index >= 15 is 0 Å². The first-order valence-corrected chi connectivity index (χ1v) is 14.1. The van der Waals surface area contributed by atoms with Gasteiger partial charge in [-0.3, -0.25) is 4.79 Å². The van der Waals surface area contributed by atoms with Crippen LogP contribution >= 0.6 is 39.1 Å². The van der Waals surface area contributed by atoms with Gasteiger partial charge >= 0.3 is 5.97 Å². The van der Waals surface area contributed by atoms with Crippen molar-refractivity contribution in [1.82, 2.24) is 9.66 Å². The molecule has 1 heterocycles. The number of carboxylic acid groups (broad SMARTS) is 1. The topological polar surface area (TPSA) is 93.8 Å². The van der Waals surface area contributed by atoms with E-state index in [0.29, 0.717) is 27.9 Å². The lowest BCUT2D eigenvalue weighted by atomic mass is 9.88. The lowest BCUT2D eigenvalue weighted by molar-refractivity contribution is 0.0696. The molecule has 1 aliphatic rings. The van der Waals surface area contributed by atoms with Gasteiger partial charge in [0.1, 0.15) is 12.4 Å². The number of aromatic nitrogens is 2. The van der Waals surface area contributed by atoms with Gasteiger partial charge in [0.15, 0.2) is 5.75 Å². The first-order chi connectivity index (χ1) is 18.8. The highest BCUT2D eigenvalue weighted by molar-refractivity contribution is 9.10. The molecule has 39 heavy (non-hydrogen) atoms. The van der Waals surface area contributed by atoms with Gasteiger partial charge in [0.05, 0.1) is 32.7 Å². The summed E-state index contributed by atoms with van der Waals surface area (Å²) in [7, 11) is 0. The molecule has 1 fully saturated rings. The molecule has 1 saturated carbocycles. The molecule has 3 aromatic carbocycles. The van der Waals surface area contributed by atoms with Crippen molar-refractivity contribution in [2.24, 2.45) is 5.10 Å². The summed E-state index contributed by atoms with van der Waals surface area (Å²) in [6, 6.07) is 15.2. The molecule has 0 unspecified atom stereocenters. The molecule has 0 bridgehead atoms. The second-order valence-electron chi connectivity index (χ2n) is 9.44. The Kier molecular flexibility index (Phi) is 8.35. The third kappa shape index (κ3) is 6.19. The molecule has 0 aliphatic heterocycles. The molecule has 200 valence electrons. The number of fused-ring (bicyclic) bond motifs is 1. The lowest BCUT2D eigenvalue weighted by Gasteiger charge is -2.22. The summed E-state index contributed by atoms with van der Waals surface area (Å²) in [5, 5.41) is 14.8. The minimum Gasteiger partial charge on any atom is -0.486 e. The fourth-order valence-electron chi connectivity index (χ4n) is 4.77. The molecule has 1 aromatic heterocycles. The van der Waals surface area contributed by atoms with E-state index < -0.39 is 5.97 Å². The van der Waals surface area contributed by atoms with Crippen molar-refractivity contribution in [3.63, 3.8) is 0 Å². The fourth-order valence-corrected chi connectivity index (χ4v) is 5.74. The maximum atomic E-state index is 13.5. The molecular weight excluding hydrogens is 605 g/mol. The van der Waals surface area contributed by atoms with Gasteiger partial charge < -0.3 is 9.84 Å². The third-order valence-electron chi connectivity index (χ3n) is 6.70. The molecule has 1 aliphatic carbocycles. The fraction of sp³-hybridized carbons (Fsp3) is 0.241. The summed E-state index contributed by atoms with van der Waals surface area (Å²) in [6.07, 6.45) is 6.83. The van der Waals surface area contributed by atoms with Gasteiger partial charge in [-0.15, -0.1) is 0 Å². The van der Waals surface area contributed by atoms with Crippen LogP contribution in [0.3, 0.4) is 0 Å². The van der Waals surface area contributed by atoms with Crippen molar-refractivity contribution in [2.75, 3.05) is 0 Å². The standard InChI is InChI=1S/C29H24BrCl2N3O4/c30-21-9-10-25-22(14-21)28(36)35(27(34-25)19-6-2-1-3-7-19)33-15-18-12-23(31)26(24(32)13-18)39-16-17-5-4-8-20(11-17)29(37)38/h4-5,8-15,19H,1-3,6-7,16H2,(H,37,38). The highest BCUT2D eigenvalue weighted by Crippen LogP contribution is 2.35. The number of rotatable bonds is 7. The normalized spacial score (nSPS) is 14.2. The smallest absolute Gasteiger partial charge is 0.335 e. The van der Waals surface area contributed by atoms with Gasteiger partial charge in [0.25, 0.3) is 5.56 Å². The van der Waals surface area contributed by atoms with Crippen LogP contribution in [0, 0.1) is 0 Å². The van der Waals surface area contributed by atoms with E-state index in [1.165, 1.54) is 29.4 Å². The van der Waals surface area contributed by atoms with Crippen LogP contribution in [-0.2, 0) is 6.61 Å². The van der Waals surface area contributed by atoms with Crippen LogP contribution in [0.25, 0.3) is 10.9 Å². The lowest BCUT2D eigenvalue weighted by Crippen LogP contribution is -2.25. The number of aromatic carboxylic acids is 1. The molecule has 0 radical (unpaired) electrons. The van der Waals surface area contributed by atoms with Crippen molar-refractivity contribution < 1.29 is 14.6 Å². The van der Waals surface area contributed by atoms with Crippen LogP contribution in [0.2, 0.25) is 10.0 Å². The Morgan fingerprint density at radius 1 is 1.10 bits per heavy atom. The van der Waals surface area contributed by atoms with Gasteiger partial charge in [-0.25, -0.2) is 9.78 Å². The number of hydrogen-bond donors (Lipinski definition) is 1. The van der Waals surface area contributed by atoms with Crippen molar-refractivity contribution in [3.05, 3.63) is 102 Å².